The molecule has 0 fully saturated rings. The molecule has 3 aromatic carbocycles. The summed E-state index contributed by atoms with van der Waals surface area (Å²) in [6.07, 6.45) is 0. The van der Waals surface area contributed by atoms with Gasteiger partial charge in [0.15, 0.2) is 5.82 Å². The highest BCUT2D eigenvalue weighted by atomic mass is 19.1. The number of aromatic nitrogens is 5. The summed E-state index contributed by atoms with van der Waals surface area (Å²) in [5.74, 6) is 1.12. The molecule has 0 aliphatic heterocycles. The van der Waals surface area contributed by atoms with E-state index < -0.39 is 0 Å². The van der Waals surface area contributed by atoms with E-state index in [1.54, 1.807) is 16.8 Å². The number of benzene rings is 3. The molecular weight excluding hydrogens is 471 g/mol. The van der Waals surface area contributed by atoms with Crippen molar-refractivity contribution in [3.63, 3.8) is 0 Å². The third kappa shape index (κ3) is 6.07. The Morgan fingerprint density at radius 1 is 0.946 bits per heavy atom. The summed E-state index contributed by atoms with van der Waals surface area (Å²) >= 11 is 0. The molecule has 0 aliphatic rings. The number of pyridine rings is 1. The summed E-state index contributed by atoms with van der Waals surface area (Å²) in [7, 11) is 0. The zero-order valence-electron chi connectivity index (χ0n) is 20.5. The Morgan fingerprint density at radius 2 is 1.76 bits per heavy atom. The van der Waals surface area contributed by atoms with Crippen molar-refractivity contribution in [1.29, 1.82) is 0 Å². The lowest BCUT2D eigenvalue weighted by Crippen LogP contribution is -2.28. The van der Waals surface area contributed by atoms with Gasteiger partial charge in [-0.2, -0.15) is 0 Å². The molecule has 5 rings (SSSR count). The highest BCUT2D eigenvalue weighted by Crippen LogP contribution is 2.20. The van der Waals surface area contributed by atoms with Crippen molar-refractivity contribution < 1.29 is 9.13 Å². The average molecular weight is 499 g/mol. The zero-order chi connectivity index (χ0) is 25.6. The topological polar surface area (TPSA) is 88.9 Å². The van der Waals surface area contributed by atoms with Crippen LogP contribution in [0.15, 0.2) is 83.7 Å². The minimum Gasteiger partial charge on any atom is -0.494 e. The van der Waals surface area contributed by atoms with Crippen LogP contribution in [-0.4, -0.2) is 36.7 Å². The second kappa shape index (κ2) is 11.1. The van der Waals surface area contributed by atoms with Crippen molar-refractivity contribution in [2.75, 3.05) is 6.61 Å². The predicted molar refractivity (Wildman–Crippen MR) is 138 cm³/mol. The van der Waals surface area contributed by atoms with Gasteiger partial charge in [0.05, 0.1) is 19.7 Å². The molecule has 0 spiro atoms. The smallest absolute Gasteiger partial charge is 0.252 e. The molecule has 0 aliphatic carbocycles. The van der Waals surface area contributed by atoms with Crippen LogP contribution in [-0.2, 0) is 26.2 Å². The standard InChI is InChI=1S/C28H27FN6O2/c1-2-37-25-12-13-26-22(15-25)14-23(28(36)30-26)18-34(16-21-8-10-24(29)11-9-21)19-27-31-32-33-35(27)17-20-6-4-3-5-7-20/h3-15H,2,16-19H2,1H3,(H,30,36). The Labute approximate surface area is 213 Å². The Bertz CT molecular complexity index is 1530. The zero-order valence-corrected chi connectivity index (χ0v) is 20.5. The van der Waals surface area contributed by atoms with E-state index in [4.69, 9.17) is 4.74 Å². The van der Waals surface area contributed by atoms with E-state index in [0.29, 0.717) is 44.2 Å². The quantitative estimate of drug-likeness (QED) is 0.309. The number of nitrogens with zero attached hydrogens (tertiary/aromatic N) is 5. The van der Waals surface area contributed by atoms with Crippen LogP contribution in [0.5, 0.6) is 5.75 Å². The van der Waals surface area contributed by atoms with Gasteiger partial charge in [-0.1, -0.05) is 42.5 Å². The first kappa shape index (κ1) is 24.3. The van der Waals surface area contributed by atoms with E-state index in [1.165, 1.54) is 12.1 Å². The molecule has 0 amide bonds. The molecule has 0 saturated heterocycles. The molecule has 2 heterocycles. The van der Waals surface area contributed by atoms with Gasteiger partial charge in [0.2, 0.25) is 0 Å². The van der Waals surface area contributed by atoms with Gasteiger partial charge in [-0.3, -0.25) is 9.69 Å². The lowest BCUT2D eigenvalue weighted by atomic mass is 10.1. The number of tetrazole rings is 1. The van der Waals surface area contributed by atoms with E-state index >= 15 is 0 Å². The molecule has 0 atom stereocenters. The second-order valence-corrected chi connectivity index (χ2v) is 8.82. The number of hydrogen-bond acceptors (Lipinski definition) is 6. The summed E-state index contributed by atoms with van der Waals surface area (Å²) in [6.45, 7) is 4.25. The number of H-pyrrole nitrogens is 1. The Balaban J connectivity index is 1.44. The van der Waals surface area contributed by atoms with Crippen LogP contribution in [0.1, 0.15) is 29.4 Å². The lowest BCUT2D eigenvalue weighted by Gasteiger charge is -2.22. The molecular formula is C28H27FN6O2. The van der Waals surface area contributed by atoms with E-state index in [9.17, 15) is 9.18 Å². The van der Waals surface area contributed by atoms with E-state index in [2.05, 4.69) is 25.4 Å². The molecule has 188 valence electrons. The predicted octanol–water partition coefficient (Wildman–Crippen LogP) is 4.30. The van der Waals surface area contributed by atoms with Crippen molar-refractivity contribution in [1.82, 2.24) is 30.1 Å². The average Bonchev–Trinajstić information content (AvgIpc) is 3.33. The van der Waals surface area contributed by atoms with Gasteiger partial charge in [-0.05, 0) is 64.9 Å². The summed E-state index contributed by atoms with van der Waals surface area (Å²) in [5, 5.41) is 13.2. The number of rotatable bonds is 10. The van der Waals surface area contributed by atoms with Gasteiger partial charge in [-0.25, -0.2) is 9.07 Å². The van der Waals surface area contributed by atoms with Gasteiger partial charge in [0, 0.05) is 29.6 Å². The number of hydrogen-bond donors (Lipinski definition) is 1. The summed E-state index contributed by atoms with van der Waals surface area (Å²) in [6, 6.07) is 23.8. The van der Waals surface area contributed by atoms with Crippen LogP contribution in [0.3, 0.4) is 0 Å². The number of nitrogens with one attached hydrogen (secondary N) is 1. The number of aromatic amines is 1. The molecule has 2 aromatic heterocycles. The fourth-order valence-corrected chi connectivity index (χ4v) is 4.28. The summed E-state index contributed by atoms with van der Waals surface area (Å²) in [4.78, 5) is 18.0. The van der Waals surface area contributed by atoms with Crippen molar-refractivity contribution >= 4 is 10.9 Å². The van der Waals surface area contributed by atoms with Crippen molar-refractivity contribution in [3.8, 4) is 5.75 Å². The van der Waals surface area contributed by atoms with Crippen LogP contribution < -0.4 is 10.3 Å². The Morgan fingerprint density at radius 3 is 2.54 bits per heavy atom. The van der Waals surface area contributed by atoms with E-state index in [1.807, 2.05) is 61.5 Å². The molecule has 37 heavy (non-hydrogen) atoms. The number of ether oxygens (including phenoxy) is 1. The van der Waals surface area contributed by atoms with Crippen LogP contribution >= 0.6 is 0 Å². The maximum atomic E-state index is 13.5. The molecule has 8 nitrogen and oxygen atoms in total. The largest absolute Gasteiger partial charge is 0.494 e. The van der Waals surface area contributed by atoms with Crippen LogP contribution in [0.2, 0.25) is 0 Å². The van der Waals surface area contributed by atoms with Gasteiger partial charge in [0.25, 0.3) is 5.56 Å². The monoisotopic (exact) mass is 498 g/mol. The summed E-state index contributed by atoms with van der Waals surface area (Å²) < 4.78 is 20.9. The molecule has 0 radical (unpaired) electrons. The lowest BCUT2D eigenvalue weighted by molar-refractivity contribution is 0.236. The van der Waals surface area contributed by atoms with E-state index in [0.717, 1.165) is 27.8 Å². The van der Waals surface area contributed by atoms with Crippen molar-refractivity contribution in [3.05, 3.63) is 118 Å². The Hall–Kier alpha value is -4.37. The molecule has 0 saturated carbocycles. The Kier molecular flexibility index (Phi) is 7.32. The molecule has 1 N–H and O–H groups in total. The molecule has 5 aromatic rings. The van der Waals surface area contributed by atoms with Crippen LogP contribution in [0.4, 0.5) is 4.39 Å². The number of fused-ring (bicyclic) bond motifs is 1. The minimum atomic E-state index is -0.293. The van der Waals surface area contributed by atoms with Crippen LogP contribution in [0.25, 0.3) is 10.9 Å². The minimum absolute atomic E-state index is 0.162. The highest BCUT2D eigenvalue weighted by Gasteiger charge is 2.16. The van der Waals surface area contributed by atoms with Gasteiger partial charge >= 0.3 is 0 Å². The maximum Gasteiger partial charge on any atom is 0.252 e. The normalized spacial score (nSPS) is 11.3. The summed E-state index contributed by atoms with van der Waals surface area (Å²) in [5.41, 5.74) is 3.18. The first-order chi connectivity index (χ1) is 18.1. The van der Waals surface area contributed by atoms with Crippen LogP contribution in [0, 0.1) is 5.82 Å². The molecule has 0 bridgehead atoms. The fourth-order valence-electron chi connectivity index (χ4n) is 4.28. The molecule has 9 heteroatoms. The fraction of sp³-hybridized carbons (Fsp3) is 0.214. The first-order valence-corrected chi connectivity index (χ1v) is 12.1. The van der Waals surface area contributed by atoms with Gasteiger partial charge < -0.3 is 9.72 Å². The second-order valence-electron chi connectivity index (χ2n) is 8.82. The van der Waals surface area contributed by atoms with Gasteiger partial charge in [-0.15, -0.1) is 5.10 Å². The first-order valence-electron chi connectivity index (χ1n) is 12.1. The van der Waals surface area contributed by atoms with Crippen molar-refractivity contribution in [2.24, 2.45) is 0 Å². The third-order valence-electron chi connectivity index (χ3n) is 6.06. The third-order valence-corrected chi connectivity index (χ3v) is 6.06. The van der Waals surface area contributed by atoms with Gasteiger partial charge in [0.1, 0.15) is 11.6 Å². The maximum absolute atomic E-state index is 13.5. The SMILES string of the molecule is CCOc1ccc2[nH]c(=O)c(CN(Cc3ccc(F)cc3)Cc3nnnn3Cc3ccccc3)cc2c1. The highest BCUT2D eigenvalue weighted by molar-refractivity contribution is 5.80. The molecule has 0 unspecified atom stereocenters. The number of halogens is 1. The van der Waals surface area contributed by atoms with Crippen molar-refractivity contribution in [2.45, 2.75) is 33.1 Å². The van der Waals surface area contributed by atoms with E-state index in [-0.39, 0.29) is 11.4 Å².